The number of likely N-dealkylation sites (tertiary alicyclic amines) is 1. The minimum atomic E-state index is -1.000. The summed E-state index contributed by atoms with van der Waals surface area (Å²) < 4.78 is 5.11. The van der Waals surface area contributed by atoms with Gasteiger partial charge < -0.3 is 36.2 Å². The Bertz CT molecular complexity index is 1310. The molecule has 0 aromatic rings. The average Bonchev–Trinajstić information content (AvgIpc) is 3.83. The SMILES string of the molecule is CCCC(NC(=O)[C@H]1CC2CCCCC2N1C(=O)[C@@H](NC(=O)[C@@H](NC(=O)[C@H](C)NC(=O)OC(C)C)C1CCCCC1)C(C)C)C(=O)C(=O)NC1CC1. The van der Waals surface area contributed by atoms with Gasteiger partial charge in [-0.05, 0) is 89.9 Å². The van der Waals surface area contributed by atoms with Gasteiger partial charge in [-0.1, -0.05) is 59.3 Å². The van der Waals surface area contributed by atoms with Crippen LogP contribution in [0.3, 0.4) is 0 Å². The lowest BCUT2D eigenvalue weighted by molar-refractivity contribution is -0.146. The first-order valence-electron chi connectivity index (χ1n) is 19.8. The molecule has 4 fully saturated rings. The van der Waals surface area contributed by atoms with Crippen molar-refractivity contribution in [3.05, 3.63) is 0 Å². The molecule has 0 aromatic heterocycles. The highest BCUT2D eigenvalue weighted by Crippen LogP contribution is 2.40. The van der Waals surface area contributed by atoms with E-state index >= 15 is 0 Å². The lowest BCUT2D eigenvalue weighted by Gasteiger charge is -2.38. The van der Waals surface area contributed by atoms with Gasteiger partial charge in [0, 0.05) is 12.1 Å². The molecule has 292 valence electrons. The quantitative estimate of drug-likeness (QED) is 0.150. The third-order valence-electron chi connectivity index (χ3n) is 11.0. The summed E-state index contributed by atoms with van der Waals surface area (Å²) >= 11 is 0. The van der Waals surface area contributed by atoms with Crippen molar-refractivity contribution in [2.24, 2.45) is 17.8 Å². The molecule has 5 N–H and O–H groups in total. The monoisotopic (exact) mass is 730 g/mol. The largest absolute Gasteiger partial charge is 0.447 e. The Balaban J connectivity index is 1.53. The number of nitrogens with one attached hydrogen (secondary N) is 5. The van der Waals surface area contributed by atoms with Crippen molar-refractivity contribution < 1.29 is 38.3 Å². The fourth-order valence-electron chi connectivity index (χ4n) is 8.03. The Morgan fingerprint density at radius 1 is 0.750 bits per heavy atom. The molecule has 0 radical (unpaired) electrons. The second-order valence-corrected chi connectivity index (χ2v) is 16.0. The molecule has 3 saturated carbocycles. The molecule has 4 aliphatic rings. The highest BCUT2D eigenvalue weighted by atomic mass is 16.6. The summed E-state index contributed by atoms with van der Waals surface area (Å²) in [4.78, 5) is 95.8. The fraction of sp³-hybridized carbons (Fsp3) is 0.816. The van der Waals surface area contributed by atoms with Gasteiger partial charge in [0.2, 0.25) is 29.4 Å². The van der Waals surface area contributed by atoms with Crippen LogP contribution in [-0.2, 0) is 33.5 Å². The summed E-state index contributed by atoms with van der Waals surface area (Å²) in [5.41, 5.74) is 0. The molecular formula is C38H62N6O8. The van der Waals surface area contributed by atoms with Crippen LogP contribution in [-0.4, -0.2) is 94.7 Å². The number of Topliss-reactive ketones (excluding diaryl/α,β-unsaturated/α-hetero) is 1. The highest BCUT2D eigenvalue weighted by Gasteiger charge is 2.50. The van der Waals surface area contributed by atoms with Crippen LogP contribution in [0.2, 0.25) is 0 Å². The zero-order valence-electron chi connectivity index (χ0n) is 32.0. The topological polar surface area (TPSA) is 192 Å². The normalized spacial score (nSPS) is 24.2. The third-order valence-corrected chi connectivity index (χ3v) is 11.0. The molecule has 3 unspecified atom stereocenters. The van der Waals surface area contributed by atoms with Crippen molar-refractivity contribution >= 4 is 41.4 Å². The van der Waals surface area contributed by atoms with E-state index < -0.39 is 65.7 Å². The molecular weight excluding hydrogens is 668 g/mol. The predicted octanol–water partition coefficient (Wildman–Crippen LogP) is 3.01. The van der Waals surface area contributed by atoms with Gasteiger partial charge in [0.15, 0.2) is 0 Å². The molecule has 14 nitrogen and oxygen atoms in total. The van der Waals surface area contributed by atoms with Crippen LogP contribution in [0.25, 0.3) is 0 Å². The van der Waals surface area contributed by atoms with Crippen molar-refractivity contribution in [2.75, 3.05) is 0 Å². The van der Waals surface area contributed by atoms with E-state index in [0.717, 1.165) is 70.6 Å². The summed E-state index contributed by atoms with van der Waals surface area (Å²) in [7, 11) is 0. The summed E-state index contributed by atoms with van der Waals surface area (Å²) in [5, 5.41) is 13.9. The van der Waals surface area contributed by atoms with Crippen molar-refractivity contribution in [1.82, 2.24) is 31.5 Å². The van der Waals surface area contributed by atoms with Gasteiger partial charge in [-0.2, -0.15) is 0 Å². The third kappa shape index (κ3) is 10.9. The number of ether oxygens (including phenoxy) is 1. The lowest BCUT2D eigenvalue weighted by atomic mass is 9.83. The van der Waals surface area contributed by atoms with Crippen LogP contribution in [0.4, 0.5) is 4.79 Å². The number of hydrogen-bond acceptors (Lipinski definition) is 8. The molecule has 7 atom stereocenters. The molecule has 0 bridgehead atoms. The van der Waals surface area contributed by atoms with Gasteiger partial charge in [0.25, 0.3) is 5.91 Å². The minimum Gasteiger partial charge on any atom is -0.447 e. The van der Waals surface area contributed by atoms with Crippen molar-refractivity contribution in [2.45, 2.75) is 180 Å². The molecule has 0 aromatic carbocycles. The molecule has 1 aliphatic heterocycles. The van der Waals surface area contributed by atoms with E-state index in [4.69, 9.17) is 4.74 Å². The number of fused-ring (bicyclic) bond motifs is 1. The van der Waals surface area contributed by atoms with E-state index in [1.165, 1.54) is 6.92 Å². The van der Waals surface area contributed by atoms with Gasteiger partial charge in [0.1, 0.15) is 24.2 Å². The molecule has 52 heavy (non-hydrogen) atoms. The van der Waals surface area contributed by atoms with E-state index in [1.54, 1.807) is 18.7 Å². The summed E-state index contributed by atoms with van der Waals surface area (Å²) in [6.45, 7) is 10.5. The van der Waals surface area contributed by atoms with Gasteiger partial charge >= 0.3 is 6.09 Å². The predicted molar refractivity (Wildman–Crippen MR) is 193 cm³/mol. The number of carbonyl (C=O) groups is 7. The Morgan fingerprint density at radius 3 is 2.02 bits per heavy atom. The number of carbonyl (C=O) groups excluding carboxylic acids is 7. The van der Waals surface area contributed by atoms with E-state index in [9.17, 15) is 33.6 Å². The summed E-state index contributed by atoms with van der Waals surface area (Å²) in [5.74, 6) is -3.65. The first-order valence-corrected chi connectivity index (χ1v) is 19.8. The zero-order valence-corrected chi connectivity index (χ0v) is 32.0. The number of alkyl carbamates (subject to hydrolysis) is 1. The number of amides is 6. The molecule has 4 rings (SSSR count). The Hall–Kier alpha value is -3.71. The summed E-state index contributed by atoms with van der Waals surface area (Å²) in [6.07, 6.45) is 9.64. The molecule has 14 heteroatoms. The van der Waals surface area contributed by atoms with E-state index in [0.29, 0.717) is 19.3 Å². The second kappa shape index (κ2) is 18.9. The standard InChI is InChI=1S/C38H62N6O8/c1-7-13-27(32(45)36(49)40-26-18-19-26)41-34(47)29-20-25-16-11-12-17-28(25)44(29)37(50)30(21(2)3)42-35(48)31(24-14-9-8-10-15-24)43-33(46)23(6)39-38(51)52-22(4)5/h21-31H,7-20H2,1-6H3,(H,39,51)(H,40,49)(H,41,47)(H,42,48)(H,43,46)/t23-,25?,27?,28?,29+,30-,31-/m0/s1. The van der Waals surface area contributed by atoms with Crippen molar-refractivity contribution in [3.8, 4) is 0 Å². The molecule has 6 amide bonds. The maximum atomic E-state index is 14.7. The van der Waals surface area contributed by atoms with E-state index in [1.807, 2.05) is 20.8 Å². The van der Waals surface area contributed by atoms with Crippen molar-refractivity contribution in [1.29, 1.82) is 0 Å². The minimum absolute atomic E-state index is 0.00305. The zero-order chi connectivity index (χ0) is 38.1. The molecule has 3 aliphatic carbocycles. The Labute approximate surface area is 308 Å². The Kier molecular flexibility index (Phi) is 14.9. The Morgan fingerprint density at radius 2 is 1.40 bits per heavy atom. The van der Waals surface area contributed by atoms with E-state index in [-0.39, 0.29) is 41.8 Å². The lowest BCUT2D eigenvalue weighted by Crippen LogP contribution is -2.62. The van der Waals surface area contributed by atoms with Crippen molar-refractivity contribution in [3.63, 3.8) is 0 Å². The molecule has 0 spiro atoms. The molecule has 1 heterocycles. The average molecular weight is 731 g/mol. The van der Waals surface area contributed by atoms with E-state index in [2.05, 4.69) is 26.6 Å². The maximum absolute atomic E-state index is 14.7. The summed E-state index contributed by atoms with van der Waals surface area (Å²) in [6, 6.07) is -4.94. The fourth-order valence-corrected chi connectivity index (χ4v) is 8.03. The van der Waals surface area contributed by atoms with Gasteiger partial charge in [-0.3, -0.25) is 28.8 Å². The van der Waals surface area contributed by atoms with Crippen LogP contribution >= 0.6 is 0 Å². The molecule has 1 saturated heterocycles. The van der Waals surface area contributed by atoms with Crippen LogP contribution in [0.1, 0.15) is 131 Å². The second-order valence-electron chi connectivity index (χ2n) is 16.0. The van der Waals surface area contributed by atoms with Crippen LogP contribution in [0.15, 0.2) is 0 Å². The van der Waals surface area contributed by atoms with Gasteiger partial charge in [-0.25, -0.2) is 4.79 Å². The maximum Gasteiger partial charge on any atom is 0.408 e. The highest BCUT2D eigenvalue weighted by molar-refractivity contribution is 6.38. The number of hydrogen-bond donors (Lipinski definition) is 5. The van der Waals surface area contributed by atoms with Crippen LogP contribution in [0.5, 0.6) is 0 Å². The number of nitrogens with zero attached hydrogens (tertiary/aromatic N) is 1. The van der Waals surface area contributed by atoms with Crippen LogP contribution in [0, 0.1) is 17.8 Å². The first kappa shape index (κ1) is 41.1. The van der Waals surface area contributed by atoms with Crippen LogP contribution < -0.4 is 26.6 Å². The smallest absolute Gasteiger partial charge is 0.408 e. The number of ketones is 1. The number of rotatable bonds is 16. The first-order chi connectivity index (χ1) is 24.7. The van der Waals surface area contributed by atoms with Gasteiger partial charge in [0.05, 0.1) is 12.1 Å². The van der Waals surface area contributed by atoms with Gasteiger partial charge in [-0.15, -0.1) is 0 Å².